The van der Waals surface area contributed by atoms with Gasteiger partial charge in [-0.1, -0.05) is 6.42 Å². The van der Waals surface area contributed by atoms with Gasteiger partial charge in [0.25, 0.3) is 5.56 Å². The molecule has 5 nitrogen and oxygen atoms in total. The van der Waals surface area contributed by atoms with E-state index in [1.54, 1.807) is 6.07 Å². The first-order valence-electron chi connectivity index (χ1n) is 9.53. The summed E-state index contributed by atoms with van der Waals surface area (Å²) in [4.78, 5) is 19.5. The van der Waals surface area contributed by atoms with Crippen LogP contribution in [-0.4, -0.2) is 41.0 Å². The number of aromatic nitrogens is 2. The van der Waals surface area contributed by atoms with Crippen LogP contribution in [0.4, 0.5) is 14.5 Å². The quantitative estimate of drug-likeness (QED) is 0.702. The molecule has 27 heavy (non-hydrogen) atoms. The molecule has 0 bridgehead atoms. The van der Waals surface area contributed by atoms with Crippen molar-refractivity contribution in [2.45, 2.75) is 42.9 Å². The van der Waals surface area contributed by atoms with Crippen molar-refractivity contribution in [3.8, 4) is 0 Å². The fourth-order valence-electron chi connectivity index (χ4n) is 3.53. The van der Waals surface area contributed by atoms with Crippen LogP contribution >= 0.6 is 11.8 Å². The standard InChI is InChI=1S/C19H24F2N4OS/c20-13-6-12-15(7-16(13)23-8-11-2-1-3-11)24-18(25-19(12)26)10-27-17-4-5-22-9-14(17)21/h6-7,11,14,17,22-23H,1-5,8-10H2,(H,24,25,26). The van der Waals surface area contributed by atoms with Crippen molar-refractivity contribution in [3.63, 3.8) is 0 Å². The average Bonchev–Trinajstić information content (AvgIpc) is 2.61. The molecule has 2 heterocycles. The number of thioether (sulfide) groups is 1. The van der Waals surface area contributed by atoms with Gasteiger partial charge in [0.1, 0.15) is 17.8 Å². The van der Waals surface area contributed by atoms with Crippen LogP contribution in [0.2, 0.25) is 0 Å². The van der Waals surface area contributed by atoms with Crippen molar-refractivity contribution < 1.29 is 8.78 Å². The predicted octanol–water partition coefficient (Wildman–Crippen LogP) is 3.21. The van der Waals surface area contributed by atoms with E-state index in [2.05, 4.69) is 20.6 Å². The number of halogens is 2. The lowest BCUT2D eigenvalue weighted by Crippen LogP contribution is -2.39. The minimum absolute atomic E-state index is 0.0971. The summed E-state index contributed by atoms with van der Waals surface area (Å²) in [6.45, 7) is 1.91. The van der Waals surface area contributed by atoms with E-state index in [0.717, 1.165) is 19.5 Å². The number of aromatic amines is 1. The Morgan fingerprint density at radius 1 is 1.30 bits per heavy atom. The van der Waals surface area contributed by atoms with E-state index in [0.29, 0.717) is 35.2 Å². The molecule has 0 amide bonds. The molecule has 2 aromatic rings. The number of hydrogen-bond acceptors (Lipinski definition) is 5. The number of rotatable bonds is 6. The number of nitrogens with zero attached hydrogens (tertiary/aromatic N) is 1. The van der Waals surface area contributed by atoms with E-state index in [1.165, 1.54) is 37.1 Å². The number of fused-ring (bicyclic) bond motifs is 1. The number of alkyl halides is 1. The van der Waals surface area contributed by atoms with Crippen LogP contribution in [0.3, 0.4) is 0 Å². The molecule has 1 aromatic carbocycles. The molecule has 1 saturated carbocycles. The Hall–Kier alpha value is -1.67. The van der Waals surface area contributed by atoms with Gasteiger partial charge in [0.2, 0.25) is 0 Å². The van der Waals surface area contributed by atoms with Crippen molar-refractivity contribution in [3.05, 3.63) is 34.1 Å². The van der Waals surface area contributed by atoms with Crippen LogP contribution in [0.5, 0.6) is 0 Å². The number of nitrogens with one attached hydrogen (secondary N) is 3. The molecule has 0 radical (unpaired) electrons. The van der Waals surface area contributed by atoms with Gasteiger partial charge in [-0.3, -0.25) is 4.79 Å². The van der Waals surface area contributed by atoms with Gasteiger partial charge in [-0.2, -0.15) is 0 Å². The first-order chi connectivity index (χ1) is 13.1. The Morgan fingerprint density at radius 3 is 2.89 bits per heavy atom. The number of piperidine rings is 1. The Labute approximate surface area is 160 Å². The average molecular weight is 394 g/mol. The maximum Gasteiger partial charge on any atom is 0.258 e. The molecular weight excluding hydrogens is 370 g/mol. The normalized spacial score (nSPS) is 23.3. The third kappa shape index (κ3) is 4.27. The highest BCUT2D eigenvalue weighted by molar-refractivity contribution is 7.99. The second-order valence-corrected chi connectivity index (χ2v) is 8.63. The summed E-state index contributed by atoms with van der Waals surface area (Å²) < 4.78 is 28.3. The summed E-state index contributed by atoms with van der Waals surface area (Å²) in [6, 6.07) is 2.85. The van der Waals surface area contributed by atoms with Crippen molar-refractivity contribution >= 4 is 28.4 Å². The van der Waals surface area contributed by atoms with Crippen LogP contribution in [0.1, 0.15) is 31.5 Å². The minimum Gasteiger partial charge on any atom is -0.382 e. The SMILES string of the molecule is O=c1[nH]c(CSC2CCNCC2F)nc2cc(NCC3CCC3)c(F)cc12. The Bertz CT molecular complexity index is 871. The van der Waals surface area contributed by atoms with Crippen molar-refractivity contribution in [1.82, 2.24) is 15.3 Å². The lowest BCUT2D eigenvalue weighted by Gasteiger charge is -2.26. The predicted molar refractivity (Wildman–Crippen MR) is 106 cm³/mol. The van der Waals surface area contributed by atoms with E-state index in [1.807, 2.05) is 0 Å². The zero-order chi connectivity index (χ0) is 18.8. The lowest BCUT2D eigenvalue weighted by atomic mass is 9.85. The Balaban J connectivity index is 1.51. The van der Waals surface area contributed by atoms with E-state index < -0.39 is 12.0 Å². The maximum absolute atomic E-state index is 14.3. The molecule has 2 fully saturated rings. The zero-order valence-electron chi connectivity index (χ0n) is 15.1. The highest BCUT2D eigenvalue weighted by Crippen LogP contribution is 2.28. The fraction of sp³-hybridized carbons (Fsp3) is 0.579. The van der Waals surface area contributed by atoms with E-state index in [4.69, 9.17) is 0 Å². The maximum atomic E-state index is 14.3. The topological polar surface area (TPSA) is 69.8 Å². The summed E-state index contributed by atoms with van der Waals surface area (Å²) in [5.41, 5.74) is 0.490. The van der Waals surface area contributed by atoms with Crippen LogP contribution in [0.25, 0.3) is 10.9 Å². The third-order valence-corrected chi connectivity index (χ3v) is 6.83. The summed E-state index contributed by atoms with van der Waals surface area (Å²) >= 11 is 1.47. The monoisotopic (exact) mass is 394 g/mol. The molecule has 3 N–H and O–H groups in total. The molecule has 4 rings (SSSR count). The first kappa shape index (κ1) is 18.7. The summed E-state index contributed by atoms with van der Waals surface area (Å²) in [7, 11) is 0. The zero-order valence-corrected chi connectivity index (χ0v) is 15.9. The van der Waals surface area contributed by atoms with Gasteiger partial charge >= 0.3 is 0 Å². The molecule has 1 aliphatic heterocycles. The number of anilines is 1. The molecule has 1 aliphatic carbocycles. The van der Waals surface area contributed by atoms with Gasteiger partial charge in [-0.15, -0.1) is 11.8 Å². The smallest absolute Gasteiger partial charge is 0.258 e. The van der Waals surface area contributed by atoms with Gasteiger partial charge < -0.3 is 15.6 Å². The van der Waals surface area contributed by atoms with Gasteiger partial charge in [0.05, 0.1) is 22.3 Å². The number of benzene rings is 1. The number of hydrogen-bond donors (Lipinski definition) is 3. The molecule has 146 valence electrons. The third-order valence-electron chi connectivity index (χ3n) is 5.43. The first-order valence-corrected chi connectivity index (χ1v) is 10.6. The van der Waals surface area contributed by atoms with E-state index >= 15 is 0 Å². The molecule has 0 spiro atoms. The molecular formula is C19H24F2N4OS. The summed E-state index contributed by atoms with van der Waals surface area (Å²) in [5, 5.41) is 6.32. The van der Waals surface area contributed by atoms with E-state index in [9.17, 15) is 13.6 Å². The van der Waals surface area contributed by atoms with Crippen molar-refractivity contribution in [2.24, 2.45) is 5.92 Å². The molecule has 1 saturated heterocycles. The van der Waals surface area contributed by atoms with Crippen molar-refractivity contribution in [1.29, 1.82) is 0 Å². The minimum atomic E-state index is -0.896. The van der Waals surface area contributed by atoms with Gasteiger partial charge in [-0.05, 0) is 43.9 Å². The van der Waals surface area contributed by atoms with Gasteiger partial charge in [0, 0.05) is 18.3 Å². The second-order valence-electron chi connectivity index (χ2n) is 7.40. The molecule has 1 aromatic heterocycles. The van der Waals surface area contributed by atoms with Crippen LogP contribution < -0.4 is 16.2 Å². The van der Waals surface area contributed by atoms with E-state index in [-0.39, 0.29) is 16.2 Å². The molecule has 2 aliphatic rings. The Kier molecular flexibility index (Phi) is 5.63. The highest BCUT2D eigenvalue weighted by Gasteiger charge is 2.25. The largest absolute Gasteiger partial charge is 0.382 e. The molecule has 2 unspecified atom stereocenters. The van der Waals surface area contributed by atoms with Crippen LogP contribution in [0, 0.1) is 11.7 Å². The summed E-state index contributed by atoms with van der Waals surface area (Å²) in [5.74, 6) is 1.09. The fourth-order valence-corrected chi connectivity index (χ4v) is 4.63. The van der Waals surface area contributed by atoms with Gasteiger partial charge in [0.15, 0.2) is 0 Å². The summed E-state index contributed by atoms with van der Waals surface area (Å²) in [6.07, 6.45) is 3.44. The molecule has 2 atom stereocenters. The lowest BCUT2D eigenvalue weighted by molar-refractivity contribution is 0.275. The Morgan fingerprint density at radius 2 is 2.15 bits per heavy atom. The van der Waals surface area contributed by atoms with Crippen LogP contribution in [-0.2, 0) is 5.75 Å². The second kappa shape index (κ2) is 8.14. The van der Waals surface area contributed by atoms with Crippen molar-refractivity contribution in [2.75, 3.05) is 25.0 Å². The van der Waals surface area contributed by atoms with Crippen LogP contribution in [0.15, 0.2) is 16.9 Å². The van der Waals surface area contributed by atoms with Gasteiger partial charge in [-0.25, -0.2) is 13.8 Å². The molecule has 8 heteroatoms. The highest BCUT2D eigenvalue weighted by atomic mass is 32.2. The number of H-pyrrole nitrogens is 1.